The molecule has 1 aliphatic heterocycles. The summed E-state index contributed by atoms with van der Waals surface area (Å²) in [6.07, 6.45) is 4.19. The Morgan fingerprint density at radius 1 is 1.37 bits per heavy atom. The monoisotopic (exact) mass is 412 g/mol. The summed E-state index contributed by atoms with van der Waals surface area (Å²) in [5.74, 6) is 0. The van der Waals surface area contributed by atoms with E-state index in [1.807, 2.05) is 0 Å². The largest absolute Gasteiger partial charge is 0.381 e. The zero-order valence-electron chi connectivity index (χ0n) is 10.1. The van der Waals surface area contributed by atoms with Crippen molar-refractivity contribution < 1.29 is 13.2 Å². The average Bonchev–Trinajstić information content (AvgIpc) is 2.39. The van der Waals surface area contributed by atoms with Crippen molar-refractivity contribution in [1.82, 2.24) is 9.71 Å². The van der Waals surface area contributed by atoms with Crippen molar-refractivity contribution in [3.63, 3.8) is 0 Å². The van der Waals surface area contributed by atoms with E-state index in [1.165, 1.54) is 12.3 Å². The number of nitrogens with one attached hydrogen (secondary N) is 1. The molecule has 0 bridgehead atoms. The van der Waals surface area contributed by atoms with Gasteiger partial charge in [0.2, 0.25) is 10.0 Å². The highest BCUT2D eigenvalue weighted by Crippen LogP contribution is 2.26. The van der Waals surface area contributed by atoms with Gasteiger partial charge in [0.05, 0.1) is 0 Å². The Hall–Kier alpha value is -0.0200. The van der Waals surface area contributed by atoms with Gasteiger partial charge in [-0.15, -0.1) is 0 Å². The van der Waals surface area contributed by atoms with Gasteiger partial charge in [-0.05, 0) is 34.8 Å². The Bertz CT molecular complexity index is 545. The van der Waals surface area contributed by atoms with Gasteiger partial charge in [-0.1, -0.05) is 15.9 Å². The SMILES string of the molecule is O=S(=O)(NC1(CBr)CCOCC1)c1cncc(Br)c1. The molecule has 0 aromatic carbocycles. The number of ether oxygens (including phenoxy) is 1. The molecule has 1 saturated heterocycles. The van der Waals surface area contributed by atoms with Gasteiger partial charge in [0.25, 0.3) is 0 Å². The summed E-state index contributed by atoms with van der Waals surface area (Å²) in [6.45, 7) is 1.12. The first-order valence-electron chi connectivity index (χ1n) is 5.76. The Morgan fingerprint density at radius 2 is 2.05 bits per heavy atom. The van der Waals surface area contributed by atoms with E-state index < -0.39 is 15.6 Å². The number of rotatable bonds is 4. The Labute approximate surface area is 129 Å². The van der Waals surface area contributed by atoms with E-state index in [2.05, 4.69) is 41.6 Å². The molecular weight excluding hydrogens is 400 g/mol. The highest BCUT2D eigenvalue weighted by Gasteiger charge is 2.36. The van der Waals surface area contributed by atoms with E-state index in [4.69, 9.17) is 4.74 Å². The molecule has 8 heteroatoms. The second kappa shape index (κ2) is 6.17. The van der Waals surface area contributed by atoms with E-state index in [0.29, 0.717) is 35.9 Å². The number of nitrogens with zero attached hydrogens (tertiary/aromatic N) is 1. The number of hydrogen-bond acceptors (Lipinski definition) is 4. The minimum Gasteiger partial charge on any atom is -0.381 e. The van der Waals surface area contributed by atoms with Crippen LogP contribution in [0.2, 0.25) is 0 Å². The molecule has 2 heterocycles. The molecular formula is C11H14Br2N2O3S. The third-order valence-electron chi connectivity index (χ3n) is 3.05. The maximum absolute atomic E-state index is 12.4. The fraction of sp³-hybridized carbons (Fsp3) is 0.545. The second-order valence-corrected chi connectivity index (χ2v) is 7.63. The number of pyridine rings is 1. The maximum Gasteiger partial charge on any atom is 0.242 e. The minimum absolute atomic E-state index is 0.161. The van der Waals surface area contributed by atoms with Gasteiger partial charge in [-0.25, -0.2) is 13.1 Å². The minimum atomic E-state index is -3.58. The lowest BCUT2D eigenvalue weighted by atomic mass is 9.94. The van der Waals surface area contributed by atoms with Crippen molar-refractivity contribution in [3.05, 3.63) is 22.9 Å². The highest BCUT2D eigenvalue weighted by molar-refractivity contribution is 9.10. The van der Waals surface area contributed by atoms with Crippen LogP contribution in [0.3, 0.4) is 0 Å². The Balaban J connectivity index is 2.25. The molecule has 5 nitrogen and oxygen atoms in total. The van der Waals surface area contributed by atoms with Crippen LogP contribution < -0.4 is 4.72 Å². The van der Waals surface area contributed by atoms with Crippen molar-refractivity contribution >= 4 is 41.9 Å². The molecule has 2 rings (SSSR count). The fourth-order valence-corrected chi connectivity index (χ4v) is 4.76. The van der Waals surface area contributed by atoms with Crippen LogP contribution in [-0.4, -0.2) is 37.5 Å². The molecule has 1 aromatic heterocycles. The molecule has 1 fully saturated rings. The molecule has 1 N–H and O–H groups in total. The first-order valence-corrected chi connectivity index (χ1v) is 9.15. The molecule has 19 heavy (non-hydrogen) atoms. The summed E-state index contributed by atoms with van der Waals surface area (Å²) < 4.78 is 33.5. The lowest BCUT2D eigenvalue weighted by Crippen LogP contribution is -2.53. The van der Waals surface area contributed by atoms with Gasteiger partial charge in [0.15, 0.2) is 0 Å². The van der Waals surface area contributed by atoms with Crippen molar-refractivity contribution in [3.8, 4) is 0 Å². The lowest BCUT2D eigenvalue weighted by Gasteiger charge is -2.36. The molecule has 0 amide bonds. The van der Waals surface area contributed by atoms with Crippen LogP contribution in [0, 0.1) is 0 Å². The van der Waals surface area contributed by atoms with E-state index in [1.54, 1.807) is 6.20 Å². The summed E-state index contributed by atoms with van der Waals surface area (Å²) in [6, 6.07) is 1.54. The normalized spacial score (nSPS) is 19.3. The first-order chi connectivity index (χ1) is 8.97. The second-order valence-electron chi connectivity index (χ2n) is 4.47. The van der Waals surface area contributed by atoms with E-state index in [0.717, 1.165) is 0 Å². The predicted molar refractivity (Wildman–Crippen MR) is 78.8 cm³/mol. The Morgan fingerprint density at radius 3 is 2.63 bits per heavy atom. The molecule has 1 aromatic rings. The standard InChI is InChI=1S/C11H14Br2N2O3S/c12-8-11(1-3-18-4-2-11)15-19(16,17)10-5-9(13)6-14-7-10/h5-7,15H,1-4,8H2. The highest BCUT2D eigenvalue weighted by atomic mass is 79.9. The van der Waals surface area contributed by atoms with E-state index in [-0.39, 0.29) is 4.90 Å². The lowest BCUT2D eigenvalue weighted by molar-refractivity contribution is 0.0557. The molecule has 106 valence electrons. The fourth-order valence-electron chi connectivity index (χ4n) is 1.91. The summed E-state index contributed by atoms with van der Waals surface area (Å²) in [5.41, 5.74) is -0.487. The van der Waals surface area contributed by atoms with Crippen LogP contribution >= 0.6 is 31.9 Å². The van der Waals surface area contributed by atoms with Gasteiger partial charge in [-0.3, -0.25) is 4.98 Å². The molecule has 0 spiro atoms. The molecule has 0 radical (unpaired) electrons. The number of alkyl halides is 1. The van der Waals surface area contributed by atoms with Crippen LogP contribution in [0.1, 0.15) is 12.8 Å². The molecule has 0 unspecified atom stereocenters. The van der Waals surface area contributed by atoms with Gasteiger partial charge < -0.3 is 4.74 Å². The topological polar surface area (TPSA) is 68.3 Å². The summed E-state index contributed by atoms with van der Waals surface area (Å²) in [5, 5.41) is 0.560. The van der Waals surface area contributed by atoms with Gasteiger partial charge in [0.1, 0.15) is 4.90 Å². The van der Waals surface area contributed by atoms with Crippen LogP contribution in [0.15, 0.2) is 27.8 Å². The summed E-state index contributed by atoms with van der Waals surface area (Å²) in [7, 11) is -3.58. The maximum atomic E-state index is 12.4. The number of aromatic nitrogens is 1. The van der Waals surface area contributed by atoms with E-state index >= 15 is 0 Å². The van der Waals surface area contributed by atoms with Crippen LogP contribution in [0.4, 0.5) is 0 Å². The number of hydrogen-bond donors (Lipinski definition) is 1. The van der Waals surface area contributed by atoms with Gasteiger partial charge >= 0.3 is 0 Å². The quantitative estimate of drug-likeness (QED) is 0.767. The van der Waals surface area contributed by atoms with Crippen molar-refractivity contribution in [2.75, 3.05) is 18.5 Å². The Kier molecular flexibility index (Phi) is 4.99. The van der Waals surface area contributed by atoms with Crippen molar-refractivity contribution in [2.24, 2.45) is 0 Å². The zero-order chi connectivity index (χ0) is 13.9. The molecule has 1 aliphatic rings. The summed E-state index contributed by atoms with van der Waals surface area (Å²) >= 11 is 6.63. The van der Waals surface area contributed by atoms with Crippen molar-refractivity contribution in [2.45, 2.75) is 23.3 Å². The predicted octanol–water partition coefficient (Wildman–Crippen LogP) is 2.07. The third-order valence-corrected chi connectivity index (χ3v) is 6.10. The van der Waals surface area contributed by atoms with E-state index in [9.17, 15) is 8.42 Å². The van der Waals surface area contributed by atoms with Crippen LogP contribution in [-0.2, 0) is 14.8 Å². The third kappa shape index (κ3) is 3.75. The summed E-state index contributed by atoms with van der Waals surface area (Å²) in [4.78, 5) is 4.05. The van der Waals surface area contributed by atoms with Gasteiger partial charge in [-0.2, -0.15) is 0 Å². The number of halogens is 2. The zero-order valence-corrected chi connectivity index (χ0v) is 14.1. The first kappa shape index (κ1) is 15.4. The molecule has 0 saturated carbocycles. The van der Waals surface area contributed by atoms with Crippen molar-refractivity contribution in [1.29, 1.82) is 0 Å². The van der Waals surface area contributed by atoms with Crippen LogP contribution in [0.5, 0.6) is 0 Å². The molecule has 0 aliphatic carbocycles. The smallest absolute Gasteiger partial charge is 0.242 e. The van der Waals surface area contributed by atoms with Gasteiger partial charge in [0, 0.05) is 40.9 Å². The van der Waals surface area contributed by atoms with Crippen LogP contribution in [0.25, 0.3) is 0 Å². The molecule has 0 atom stereocenters. The number of sulfonamides is 1. The average molecular weight is 414 g/mol.